The van der Waals surface area contributed by atoms with Gasteiger partial charge < -0.3 is 26.6 Å². The minimum Gasteiger partial charge on any atom is -0.398 e. The Kier molecular flexibility index (Phi) is 10.5. The predicted molar refractivity (Wildman–Crippen MR) is 145 cm³/mol. The number of nitrogens with zero attached hydrogens (tertiary/aromatic N) is 1. The Morgan fingerprint density at radius 2 is 1.69 bits per heavy atom. The fraction of sp³-hybridized carbons (Fsp3) is 0.464. The SMILES string of the molecule is Cc1ccc(CN(C)CC[C@H](NC(=O)CNC(=O)c2cc(C(F)(F)F)ccc2N)C(=O)NC(C)(C)C)c(C)c1. The number of nitrogen functional groups attached to an aromatic ring is 1. The van der Waals surface area contributed by atoms with Crippen LogP contribution in [0.5, 0.6) is 0 Å². The van der Waals surface area contributed by atoms with Crippen LogP contribution in [-0.2, 0) is 22.3 Å². The number of halogens is 3. The topological polar surface area (TPSA) is 117 Å². The highest BCUT2D eigenvalue weighted by molar-refractivity contribution is 6.01. The molecule has 0 aromatic heterocycles. The molecule has 2 rings (SSSR count). The van der Waals surface area contributed by atoms with E-state index in [1.165, 1.54) is 5.56 Å². The number of hydrogen-bond donors (Lipinski definition) is 4. The van der Waals surface area contributed by atoms with Crippen molar-refractivity contribution < 1.29 is 27.6 Å². The molecule has 2 aromatic rings. The number of anilines is 1. The van der Waals surface area contributed by atoms with Crippen molar-refractivity contribution in [2.45, 2.75) is 65.3 Å². The maximum absolute atomic E-state index is 13.0. The summed E-state index contributed by atoms with van der Waals surface area (Å²) in [4.78, 5) is 40.1. The molecule has 0 aliphatic carbocycles. The third-order valence-corrected chi connectivity index (χ3v) is 5.92. The highest BCUT2D eigenvalue weighted by atomic mass is 19.4. The van der Waals surface area contributed by atoms with E-state index in [1.54, 1.807) is 0 Å². The van der Waals surface area contributed by atoms with Crippen LogP contribution in [-0.4, -0.2) is 54.3 Å². The summed E-state index contributed by atoms with van der Waals surface area (Å²) < 4.78 is 39.1. The van der Waals surface area contributed by atoms with Crippen molar-refractivity contribution in [2.75, 3.05) is 25.9 Å². The maximum Gasteiger partial charge on any atom is 0.416 e. The van der Waals surface area contributed by atoms with E-state index in [2.05, 4.69) is 28.1 Å². The first kappa shape index (κ1) is 31.6. The van der Waals surface area contributed by atoms with Crippen LogP contribution < -0.4 is 21.7 Å². The number of nitrogens with one attached hydrogen (secondary N) is 3. The Balaban J connectivity index is 2.04. The molecule has 0 radical (unpaired) electrons. The summed E-state index contributed by atoms with van der Waals surface area (Å²) >= 11 is 0. The molecule has 214 valence electrons. The largest absolute Gasteiger partial charge is 0.416 e. The van der Waals surface area contributed by atoms with Gasteiger partial charge in [0, 0.05) is 24.3 Å². The van der Waals surface area contributed by atoms with Gasteiger partial charge in [0.25, 0.3) is 5.91 Å². The van der Waals surface area contributed by atoms with E-state index < -0.39 is 47.2 Å². The summed E-state index contributed by atoms with van der Waals surface area (Å²) in [5.41, 5.74) is 7.03. The van der Waals surface area contributed by atoms with Gasteiger partial charge in [0.05, 0.1) is 17.7 Å². The lowest BCUT2D eigenvalue weighted by atomic mass is 10.0. The van der Waals surface area contributed by atoms with E-state index in [-0.39, 0.29) is 11.6 Å². The Bertz CT molecular complexity index is 1190. The quantitative estimate of drug-likeness (QED) is 0.338. The normalized spacial score (nSPS) is 12.7. The Labute approximate surface area is 227 Å². The first-order chi connectivity index (χ1) is 18.0. The summed E-state index contributed by atoms with van der Waals surface area (Å²) in [6.45, 7) is 10.1. The number of nitrogens with two attached hydrogens (primary N) is 1. The number of amides is 3. The molecular weight excluding hydrogens is 511 g/mol. The van der Waals surface area contributed by atoms with E-state index in [9.17, 15) is 27.6 Å². The zero-order valence-corrected chi connectivity index (χ0v) is 23.3. The first-order valence-corrected chi connectivity index (χ1v) is 12.6. The number of aryl methyl sites for hydroxylation is 2. The van der Waals surface area contributed by atoms with Gasteiger partial charge in [-0.25, -0.2) is 0 Å². The first-order valence-electron chi connectivity index (χ1n) is 12.6. The van der Waals surface area contributed by atoms with E-state index >= 15 is 0 Å². The smallest absolute Gasteiger partial charge is 0.398 e. The van der Waals surface area contributed by atoms with E-state index in [0.717, 1.165) is 23.3 Å². The molecule has 39 heavy (non-hydrogen) atoms. The van der Waals surface area contributed by atoms with Crippen LogP contribution in [0.1, 0.15) is 59.8 Å². The fourth-order valence-electron chi connectivity index (χ4n) is 3.90. The standard InChI is InChI=1S/C28H38F3N5O3/c1-17-7-8-19(18(2)13-17)16-36(6)12-11-23(26(39)35-27(3,4)5)34-24(37)15-33-25(38)21-14-20(28(29,30)31)9-10-22(21)32/h7-10,13-14,23H,11-12,15-16,32H2,1-6H3,(H,33,38)(H,34,37)(H,35,39)/t23-/m0/s1. The molecule has 2 aromatic carbocycles. The van der Waals surface area contributed by atoms with Crippen molar-refractivity contribution in [1.29, 1.82) is 0 Å². The van der Waals surface area contributed by atoms with Gasteiger partial charge in [0.2, 0.25) is 11.8 Å². The van der Waals surface area contributed by atoms with Crippen LogP contribution in [0.3, 0.4) is 0 Å². The minimum absolute atomic E-state index is 0.157. The molecule has 3 amide bonds. The highest BCUT2D eigenvalue weighted by Crippen LogP contribution is 2.31. The zero-order chi connectivity index (χ0) is 29.5. The van der Waals surface area contributed by atoms with Gasteiger partial charge in [-0.05, 0) is 77.4 Å². The van der Waals surface area contributed by atoms with Crippen molar-refractivity contribution in [3.8, 4) is 0 Å². The summed E-state index contributed by atoms with van der Waals surface area (Å²) in [6.07, 6.45) is -4.36. The Morgan fingerprint density at radius 1 is 1.03 bits per heavy atom. The lowest BCUT2D eigenvalue weighted by molar-refractivity contribution is -0.137. The predicted octanol–water partition coefficient (Wildman–Crippen LogP) is 3.56. The van der Waals surface area contributed by atoms with Crippen LogP contribution in [0.4, 0.5) is 18.9 Å². The lowest BCUT2D eigenvalue weighted by Gasteiger charge is -2.27. The van der Waals surface area contributed by atoms with Crippen LogP contribution >= 0.6 is 0 Å². The average Bonchev–Trinajstić information content (AvgIpc) is 2.80. The van der Waals surface area contributed by atoms with E-state index in [4.69, 9.17) is 5.73 Å². The molecule has 0 heterocycles. The van der Waals surface area contributed by atoms with Gasteiger partial charge in [0.15, 0.2) is 0 Å². The molecule has 0 unspecified atom stereocenters. The van der Waals surface area contributed by atoms with Gasteiger partial charge in [0.1, 0.15) is 6.04 Å². The highest BCUT2D eigenvalue weighted by Gasteiger charge is 2.32. The van der Waals surface area contributed by atoms with Crippen LogP contribution in [0, 0.1) is 13.8 Å². The van der Waals surface area contributed by atoms with Crippen molar-refractivity contribution >= 4 is 23.4 Å². The van der Waals surface area contributed by atoms with Gasteiger partial charge in [-0.2, -0.15) is 13.2 Å². The van der Waals surface area contributed by atoms with Crippen LogP contribution in [0.25, 0.3) is 0 Å². The molecule has 0 aliphatic heterocycles. The van der Waals surface area contributed by atoms with Gasteiger partial charge in [-0.15, -0.1) is 0 Å². The number of rotatable bonds is 10. The molecule has 0 saturated heterocycles. The van der Waals surface area contributed by atoms with Crippen molar-refractivity contribution in [3.05, 3.63) is 64.2 Å². The number of benzene rings is 2. The molecule has 0 spiro atoms. The average molecular weight is 550 g/mol. The summed E-state index contributed by atoms with van der Waals surface area (Å²) in [6, 6.07) is 7.70. The Hall–Kier alpha value is -3.60. The van der Waals surface area contributed by atoms with Crippen LogP contribution in [0.15, 0.2) is 36.4 Å². The van der Waals surface area contributed by atoms with Crippen LogP contribution in [0.2, 0.25) is 0 Å². The van der Waals surface area contributed by atoms with E-state index in [0.29, 0.717) is 25.6 Å². The molecule has 0 saturated carbocycles. The van der Waals surface area contributed by atoms with Gasteiger partial charge >= 0.3 is 6.18 Å². The van der Waals surface area contributed by atoms with Crippen molar-refractivity contribution in [1.82, 2.24) is 20.9 Å². The number of carbonyl (C=O) groups excluding carboxylic acids is 3. The molecular formula is C28H38F3N5O3. The van der Waals surface area contributed by atoms with Gasteiger partial charge in [-0.1, -0.05) is 23.8 Å². The minimum atomic E-state index is -4.65. The second-order valence-electron chi connectivity index (χ2n) is 10.8. The molecule has 8 nitrogen and oxygen atoms in total. The lowest BCUT2D eigenvalue weighted by Crippen LogP contribution is -2.54. The molecule has 1 atom stereocenters. The summed E-state index contributed by atoms with van der Waals surface area (Å²) in [5, 5.41) is 7.76. The molecule has 0 aliphatic rings. The van der Waals surface area contributed by atoms with Crippen molar-refractivity contribution in [3.63, 3.8) is 0 Å². The van der Waals surface area contributed by atoms with Crippen molar-refractivity contribution in [2.24, 2.45) is 0 Å². The fourth-order valence-corrected chi connectivity index (χ4v) is 3.90. The maximum atomic E-state index is 13.0. The summed E-state index contributed by atoms with van der Waals surface area (Å²) in [5.74, 6) is -1.98. The van der Waals surface area contributed by atoms with E-state index in [1.807, 2.05) is 52.6 Å². The number of carbonyl (C=O) groups is 3. The molecule has 0 bridgehead atoms. The zero-order valence-electron chi connectivity index (χ0n) is 23.3. The second kappa shape index (κ2) is 13.0. The summed E-state index contributed by atoms with van der Waals surface area (Å²) in [7, 11) is 1.92. The molecule has 5 N–H and O–H groups in total. The third-order valence-electron chi connectivity index (χ3n) is 5.92. The van der Waals surface area contributed by atoms with Gasteiger partial charge in [-0.3, -0.25) is 14.4 Å². The molecule has 0 fully saturated rings. The Morgan fingerprint density at radius 3 is 2.28 bits per heavy atom. The third kappa shape index (κ3) is 10.2. The second-order valence-corrected chi connectivity index (χ2v) is 10.8. The number of hydrogen-bond acceptors (Lipinski definition) is 5. The monoisotopic (exact) mass is 549 g/mol. The number of alkyl halides is 3. The molecule has 11 heteroatoms.